The molecule has 0 unspecified atom stereocenters. The van der Waals surface area contributed by atoms with Gasteiger partial charge in [-0.25, -0.2) is 0 Å². The Morgan fingerprint density at radius 1 is 1.25 bits per heavy atom. The van der Waals surface area contributed by atoms with E-state index in [2.05, 4.69) is 0 Å². The molecule has 0 heterocycles. The van der Waals surface area contributed by atoms with E-state index < -0.39 is 0 Å². The average molecular weight is 175 g/mol. The molecular weight excluding hydrogens is 164 g/mol. The van der Waals surface area contributed by atoms with Gasteiger partial charge in [-0.15, -0.1) is 0 Å². The van der Waals surface area contributed by atoms with E-state index in [1.165, 1.54) is 0 Å². The fourth-order valence-electron chi connectivity index (χ4n) is 0. The first-order valence-electron chi connectivity index (χ1n) is 0.378. The van der Waals surface area contributed by atoms with E-state index >= 15 is 0 Å². The normalized spacial score (nSPS) is 2.25. The molecule has 0 aliphatic heterocycles. The molecule has 0 fully saturated rings. The zero-order valence-corrected chi connectivity index (χ0v) is 4.13. The van der Waals surface area contributed by atoms with Crippen molar-refractivity contribution < 1.29 is 0 Å². The van der Waals surface area contributed by atoms with Gasteiger partial charge >= 0.3 is 17.6 Å². The van der Waals surface area contributed by atoms with Crippen molar-refractivity contribution in [2.45, 2.75) is 0 Å². The number of halogens is 1. The molecule has 30 valence electrons. The second-order valence-corrected chi connectivity index (χ2v) is 0. The SMILES string of the molecule is [GeH4].[SiH3]Cl.[SiH4]. The molecule has 0 aliphatic rings. The van der Waals surface area contributed by atoms with Crippen molar-refractivity contribution in [3.8, 4) is 0 Å². The van der Waals surface area contributed by atoms with Gasteiger partial charge in [-0.05, 0) is 11.0 Å². The largest absolute Gasteiger partial charge is 0.181 e. The molecule has 4 heteroatoms. The van der Waals surface area contributed by atoms with Gasteiger partial charge in [-0.3, -0.25) is 0 Å². The minimum atomic E-state index is 0. The van der Waals surface area contributed by atoms with Crippen molar-refractivity contribution in [3.05, 3.63) is 0 Å². The van der Waals surface area contributed by atoms with Crippen molar-refractivity contribution in [3.63, 3.8) is 0 Å². The standard InChI is InChI=1S/ClH3Si.GeH4.H4Si/c1-2;;/h2H3;2*1H4. The molecule has 4 heavy (non-hydrogen) atoms. The summed E-state index contributed by atoms with van der Waals surface area (Å²) in [5.74, 6) is 0. The Labute approximate surface area is 49.4 Å². The van der Waals surface area contributed by atoms with Crippen LogP contribution in [0.25, 0.3) is 0 Å². The van der Waals surface area contributed by atoms with Gasteiger partial charge in [-0.1, -0.05) is 0 Å². The van der Waals surface area contributed by atoms with Crippen LogP contribution in [0.5, 0.6) is 0 Å². The van der Waals surface area contributed by atoms with Crippen LogP contribution in [-0.2, 0) is 0 Å². The van der Waals surface area contributed by atoms with Gasteiger partial charge in [0.2, 0.25) is 0 Å². The summed E-state index contributed by atoms with van der Waals surface area (Å²) in [6, 6.07) is 0. The summed E-state index contributed by atoms with van der Waals surface area (Å²) < 4.78 is 0. The predicted octanol–water partition coefficient (Wildman–Crippen LogP) is -3.40. The molecule has 0 atom stereocenters. The fourth-order valence-corrected chi connectivity index (χ4v) is 0. The minimum absolute atomic E-state index is 0. The van der Waals surface area contributed by atoms with Gasteiger partial charge in [-0.2, -0.15) is 11.1 Å². The van der Waals surface area contributed by atoms with Crippen molar-refractivity contribution >= 4 is 49.2 Å². The van der Waals surface area contributed by atoms with Crippen LogP contribution in [0.2, 0.25) is 0 Å². The van der Waals surface area contributed by atoms with E-state index in [4.69, 9.17) is 11.1 Å². The van der Waals surface area contributed by atoms with E-state index in [1.807, 2.05) is 0 Å². The van der Waals surface area contributed by atoms with E-state index in [9.17, 15) is 0 Å². The van der Waals surface area contributed by atoms with Crippen molar-refractivity contribution in [1.29, 1.82) is 0 Å². The zero-order chi connectivity index (χ0) is 2.00. The number of hydrogen-bond donors (Lipinski definition) is 0. The first kappa shape index (κ1) is 18.7. The number of hydrogen-bond acceptors (Lipinski definition) is 0. The maximum absolute atomic E-state index is 4.78. The smallest absolute Gasteiger partial charge is 0.109 e. The minimum Gasteiger partial charge on any atom is -0.181 e. The molecular formula is H11ClGeSi2. The third-order valence-corrected chi connectivity index (χ3v) is 0. The van der Waals surface area contributed by atoms with E-state index in [-0.39, 0.29) is 28.6 Å². The monoisotopic (exact) mass is 176 g/mol. The van der Waals surface area contributed by atoms with Crippen molar-refractivity contribution in [2.75, 3.05) is 0 Å². The average Bonchev–Trinajstić information content (AvgIpc) is 1.00. The third kappa shape index (κ3) is 10.5. The molecule has 0 nitrogen and oxygen atoms in total. The van der Waals surface area contributed by atoms with E-state index in [0.29, 0.717) is 0 Å². The molecule has 0 amide bonds. The molecule has 0 aromatic rings. The van der Waals surface area contributed by atoms with Gasteiger partial charge in [0, 0.05) is 0 Å². The Bertz CT molecular complexity index is 6.00. The van der Waals surface area contributed by atoms with Crippen molar-refractivity contribution in [1.82, 2.24) is 0 Å². The predicted molar refractivity (Wildman–Crippen MR) is 38.5 cm³/mol. The summed E-state index contributed by atoms with van der Waals surface area (Å²) in [5, 5.41) is 0. The van der Waals surface area contributed by atoms with Gasteiger partial charge in [0.05, 0.1) is 0 Å². The van der Waals surface area contributed by atoms with Crippen LogP contribution in [0.1, 0.15) is 0 Å². The van der Waals surface area contributed by atoms with Crippen LogP contribution < -0.4 is 0 Å². The first-order chi connectivity index (χ1) is 1.00. The summed E-state index contributed by atoms with van der Waals surface area (Å²) in [6.07, 6.45) is 0. The Balaban J connectivity index is -0.00000000500. The van der Waals surface area contributed by atoms with Crippen LogP contribution in [0, 0.1) is 0 Å². The topological polar surface area (TPSA) is 0 Å². The van der Waals surface area contributed by atoms with E-state index in [0.717, 1.165) is 9.55 Å². The molecule has 0 N–H and O–H groups in total. The molecule has 0 aromatic heterocycles. The Hall–Kier alpha value is 1.27. The summed E-state index contributed by atoms with van der Waals surface area (Å²) in [4.78, 5) is 0. The molecule has 0 bridgehead atoms. The van der Waals surface area contributed by atoms with Crippen molar-refractivity contribution in [2.24, 2.45) is 0 Å². The Morgan fingerprint density at radius 3 is 1.25 bits per heavy atom. The Morgan fingerprint density at radius 2 is 1.25 bits per heavy atom. The van der Waals surface area contributed by atoms with Crippen LogP contribution in [0.3, 0.4) is 0 Å². The Kier molecular flexibility index (Phi) is 132. The van der Waals surface area contributed by atoms with Gasteiger partial charge in [0.25, 0.3) is 0 Å². The maximum atomic E-state index is 4.78. The molecule has 0 saturated carbocycles. The molecule has 0 aromatic carbocycles. The van der Waals surface area contributed by atoms with Gasteiger partial charge in [0.15, 0.2) is 0 Å². The third-order valence-electron chi connectivity index (χ3n) is 0. The van der Waals surface area contributed by atoms with Crippen LogP contribution >= 0.6 is 11.1 Å². The van der Waals surface area contributed by atoms with Crippen LogP contribution in [0.4, 0.5) is 0 Å². The molecule has 0 spiro atoms. The maximum Gasteiger partial charge on any atom is 0.109 e. The summed E-state index contributed by atoms with van der Waals surface area (Å²) in [5.41, 5.74) is 0. The summed E-state index contributed by atoms with van der Waals surface area (Å²) in [7, 11) is 0.778. The quantitative estimate of drug-likeness (QED) is 0.266. The summed E-state index contributed by atoms with van der Waals surface area (Å²) >= 11 is 4.78. The number of rotatable bonds is 0. The van der Waals surface area contributed by atoms with Gasteiger partial charge < -0.3 is 0 Å². The summed E-state index contributed by atoms with van der Waals surface area (Å²) in [6.45, 7) is 0. The van der Waals surface area contributed by atoms with Crippen LogP contribution in [-0.4, -0.2) is 38.1 Å². The molecule has 0 aliphatic carbocycles. The van der Waals surface area contributed by atoms with E-state index in [1.54, 1.807) is 0 Å². The molecule has 0 radical (unpaired) electrons. The van der Waals surface area contributed by atoms with Gasteiger partial charge in [0.1, 0.15) is 9.55 Å². The molecule has 0 saturated heterocycles. The molecule has 0 rings (SSSR count). The zero-order valence-electron chi connectivity index (χ0n) is 1.38. The first-order valence-corrected chi connectivity index (χ1v) is 3.40. The van der Waals surface area contributed by atoms with Crippen LogP contribution in [0.15, 0.2) is 0 Å². The second-order valence-electron chi connectivity index (χ2n) is 0. The second kappa shape index (κ2) is 28.4. The fraction of sp³-hybridized carbons (Fsp3) is 0.